The molecular weight excluding hydrogens is 328 g/mol. The number of fused-ring (bicyclic) bond motifs is 1. The van der Waals surface area contributed by atoms with Gasteiger partial charge in [-0.3, -0.25) is 15.1 Å². The van der Waals surface area contributed by atoms with Gasteiger partial charge in [-0.1, -0.05) is 12.1 Å². The number of aryl methyl sites for hydroxylation is 1. The number of benzene rings is 1. The van der Waals surface area contributed by atoms with Crippen LogP contribution in [0.4, 0.5) is 5.95 Å². The van der Waals surface area contributed by atoms with Gasteiger partial charge < -0.3 is 0 Å². The summed E-state index contributed by atoms with van der Waals surface area (Å²) < 4.78 is 1.88. The molecule has 7 nitrogen and oxygen atoms in total. The van der Waals surface area contributed by atoms with Crippen LogP contribution in [0.25, 0.3) is 0 Å². The Morgan fingerprint density at radius 3 is 2.69 bits per heavy atom. The highest BCUT2D eigenvalue weighted by molar-refractivity contribution is 6.03. The molecule has 0 aliphatic carbocycles. The second-order valence-corrected chi connectivity index (χ2v) is 6.13. The lowest BCUT2D eigenvalue weighted by molar-refractivity contribution is 0.102. The van der Waals surface area contributed by atoms with Gasteiger partial charge in [0.25, 0.3) is 5.91 Å². The van der Waals surface area contributed by atoms with Crippen LogP contribution >= 0.6 is 0 Å². The molecule has 1 unspecified atom stereocenters. The van der Waals surface area contributed by atoms with E-state index in [1.54, 1.807) is 24.5 Å². The molecule has 0 spiro atoms. The average Bonchev–Trinajstić information content (AvgIpc) is 3.11. The van der Waals surface area contributed by atoms with Gasteiger partial charge in [0.05, 0.1) is 17.7 Å². The Kier molecular flexibility index (Phi) is 4.15. The van der Waals surface area contributed by atoms with Crippen molar-refractivity contribution < 1.29 is 4.79 Å². The van der Waals surface area contributed by atoms with E-state index in [0.717, 1.165) is 30.7 Å². The monoisotopic (exact) mass is 344 g/mol. The molecular formula is C19H16N6O. The summed E-state index contributed by atoms with van der Waals surface area (Å²) in [5, 5.41) is 16.2. The molecule has 128 valence electrons. The van der Waals surface area contributed by atoms with Gasteiger partial charge in [-0.05, 0) is 42.7 Å². The number of rotatable bonds is 3. The molecule has 7 heteroatoms. The Balaban J connectivity index is 1.59. The molecule has 26 heavy (non-hydrogen) atoms. The minimum absolute atomic E-state index is 0.0607. The predicted octanol–water partition coefficient (Wildman–Crippen LogP) is 2.72. The zero-order valence-electron chi connectivity index (χ0n) is 14.0. The molecule has 0 saturated carbocycles. The number of anilines is 1. The fourth-order valence-corrected chi connectivity index (χ4v) is 3.17. The lowest BCUT2D eigenvalue weighted by Crippen LogP contribution is -2.20. The molecule has 1 aliphatic rings. The predicted molar refractivity (Wildman–Crippen MR) is 94.4 cm³/mol. The van der Waals surface area contributed by atoms with E-state index in [1.165, 1.54) is 0 Å². The Morgan fingerprint density at radius 2 is 1.96 bits per heavy atom. The number of hydrogen-bond donors (Lipinski definition) is 1. The summed E-state index contributed by atoms with van der Waals surface area (Å²) in [6.07, 6.45) is 5.91. The topological polar surface area (TPSA) is 96.5 Å². The van der Waals surface area contributed by atoms with Crippen LogP contribution in [-0.4, -0.2) is 25.7 Å². The van der Waals surface area contributed by atoms with E-state index >= 15 is 0 Å². The van der Waals surface area contributed by atoms with Gasteiger partial charge in [0.2, 0.25) is 5.95 Å². The second-order valence-electron chi connectivity index (χ2n) is 6.13. The number of nitriles is 1. The molecule has 0 fully saturated rings. The molecule has 0 bridgehead atoms. The van der Waals surface area contributed by atoms with Gasteiger partial charge >= 0.3 is 0 Å². The summed E-state index contributed by atoms with van der Waals surface area (Å²) in [4.78, 5) is 20.7. The number of amides is 1. The average molecular weight is 344 g/mol. The maximum absolute atomic E-state index is 12.3. The highest BCUT2D eigenvalue weighted by Crippen LogP contribution is 2.30. The summed E-state index contributed by atoms with van der Waals surface area (Å²) in [7, 11) is 0. The second kappa shape index (κ2) is 6.76. The number of carbonyl (C=O) groups excluding carboxylic acids is 1. The molecule has 1 amide bonds. The number of aromatic nitrogens is 4. The number of nitrogens with zero attached hydrogens (tertiary/aromatic N) is 5. The first-order valence-corrected chi connectivity index (χ1v) is 8.41. The first-order chi connectivity index (χ1) is 12.7. The van der Waals surface area contributed by atoms with Crippen molar-refractivity contribution in [1.82, 2.24) is 19.7 Å². The van der Waals surface area contributed by atoms with Crippen molar-refractivity contribution in [2.45, 2.75) is 25.3 Å². The number of hydrogen-bond acceptors (Lipinski definition) is 5. The molecule has 3 aromatic rings. The van der Waals surface area contributed by atoms with Gasteiger partial charge in [0.15, 0.2) is 0 Å². The van der Waals surface area contributed by atoms with Crippen LogP contribution in [0.3, 0.4) is 0 Å². The van der Waals surface area contributed by atoms with Crippen molar-refractivity contribution in [1.29, 1.82) is 5.26 Å². The summed E-state index contributed by atoms with van der Waals surface area (Å²) >= 11 is 0. The number of pyridine rings is 1. The van der Waals surface area contributed by atoms with E-state index in [1.807, 2.05) is 28.9 Å². The highest BCUT2D eigenvalue weighted by atomic mass is 16.1. The maximum Gasteiger partial charge on any atom is 0.258 e. The van der Waals surface area contributed by atoms with Crippen molar-refractivity contribution >= 4 is 11.9 Å². The molecule has 3 heterocycles. The molecule has 0 radical (unpaired) electrons. The largest absolute Gasteiger partial charge is 0.289 e. The minimum atomic E-state index is -0.259. The van der Waals surface area contributed by atoms with Crippen molar-refractivity contribution in [2.24, 2.45) is 0 Å². The third kappa shape index (κ3) is 3.05. The normalized spacial score (nSPS) is 15.7. The van der Waals surface area contributed by atoms with Crippen molar-refractivity contribution in [3.05, 3.63) is 71.3 Å². The smallest absolute Gasteiger partial charge is 0.258 e. The maximum atomic E-state index is 12.3. The zero-order chi connectivity index (χ0) is 17.9. The first-order valence-electron chi connectivity index (χ1n) is 8.41. The summed E-state index contributed by atoms with van der Waals surface area (Å²) in [5.41, 5.74) is 2.23. The standard InChI is InChI=1S/C19H16N6O/c20-12-13-4-6-14(7-5-13)16-2-1-3-17-22-19(24-25(16)17)23-18(26)15-8-10-21-11-9-15/h4-11,16H,1-3H2,(H,23,24,26). The lowest BCUT2D eigenvalue weighted by atomic mass is 9.97. The van der Waals surface area contributed by atoms with Crippen LogP contribution in [0.2, 0.25) is 0 Å². The van der Waals surface area contributed by atoms with Gasteiger partial charge in [-0.2, -0.15) is 10.2 Å². The van der Waals surface area contributed by atoms with E-state index in [2.05, 4.69) is 26.5 Å². The Bertz CT molecular complexity index is 972. The van der Waals surface area contributed by atoms with Gasteiger partial charge in [0.1, 0.15) is 5.82 Å². The van der Waals surface area contributed by atoms with Crippen molar-refractivity contribution in [3.8, 4) is 6.07 Å². The SMILES string of the molecule is N#Cc1ccc(C2CCCc3nc(NC(=O)c4ccncc4)nn32)cc1. The number of carbonyl (C=O) groups is 1. The summed E-state index contributed by atoms with van der Waals surface area (Å²) in [6.45, 7) is 0. The Morgan fingerprint density at radius 1 is 1.19 bits per heavy atom. The van der Waals surface area contributed by atoms with E-state index in [-0.39, 0.29) is 11.9 Å². The van der Waals surface area contributed by atoms with Gasteiger partial charge in [-0.15, -0.1) is 5.10 Å². The third-order valence-corrected chi connectivity index (χ3v) is 4.47. The van der Waals surface area contributed by atoms with Crippen LogP contribution in [0.5, 0.6) is 0 Å². The summed E-state index contributed by atoms with van der Waals surface area (Å²) in [5.74, 6) is 0.906. The lowest BCUT2D eigenvalue weighted by Gasteiger charge is -2.23. The van der Waals surface area contributed by atoms with Crippen LogP contribution < -0.4 is 5.32 Å². The Hall–Kier alpha value is -3.53. The summed E-state index contributed by atoms with van der Waals surface area (Å²) in [6, 6.07) is 13.0. The van der Waals surface area contributed by atoms with Crippen LogP contribution in [-0.2, 0) is 6.42 Å². The van der Waals surface area contributed by atoms with E-state index < -0.39 is 0 Å². The quantitative estimate of drug-likeness (QED) is 0.788. The van der Waals surface area contributed by atoms with Crippen molar-refractivity contribution in [3.63, 3.8) is 0 Å². The first kappa shape index (κ1) is 16.0. The van der Waals surface area contributed by atoms with Crippen LogP contribution in [0.15, 0.2) is 48.8 Å². The van der Waals surface area contributed by atoms with Gasteiger partial charge in [-0.25, -0.2) is 4.68 Å². The molecule has 1 aliphatic heterocycles. The molecule has 1 N–H and O–H groups in total. The number of nitrogens with one attached hydrogen (secondary N) is 1. The molecule has 4 rings (SSSR count). The molecule has 1 aromatic carbocycles. The molecule has 2 aromatic heterocycles. The highest BCUT2D eigenvalue weighted by Gasteiger charge is 2.25. The zero-order valence-corrected chi connectivity index (χ0v) is 14.0. The molecule has 0 saturated heterocycles. The molecule has 1 atom stereocenters. The van der Waals surface area contributed by atoms with E-state index in [4.69, 9.17) is 5.26 Å². The van der Waals surface area contributed by atoms with Crippen LogP contribution in [0, 0.1) is 11.3 Å². The minimum Gasteiger partial charge on any atom is -0.289 e. The fourth-order valence-electron chi connectivity index (χ4n) is 3.17. The van der Waals surface area contributed by atoms with Crippen LogP contribution in [0.1, 0.15) is 46.2 Å². The van der Waals surface area contributed by atoms with E-state index in [9.17, 15) is 4.79 Å². The van der Waals surface area contributed by atoms with Crippen molar-refractivity contribution in [2.75, 3.05) is 5.32 Å². The third-order valence-electron chi connectivity index (χ3n) is 4.47. The Labute approximate surface area is 150 Å². The van der Waals surface area contributed by atoms with Gasteiger partial charge in [0, 0.05) is 24.4 Å². The fraction of sp³-hybridized carbons (Fsp3) is 0.211. The van der Waals surface area contributed by atoms with E-state index in [0.29, 0.717) is 17.1 Å².